The molecule has 0 bridgehead atoms. The molecule has 1 aromatic rings. The summed E-state index contributed by atoms with van der Waals surface area (Å²) in [4.78, 5) is 37.3. The monoisotopic (exact) mass is 351 g/mol. The van der Waals surface area contributed by atoms with Crippen molar-refractivity contribution >= 4 is 17.7 Å². The molecule has 1 saturated heterocycles. The summed E-state index contributed by atoms with van der Waals surface area (Å²) in [5, 5.41) is 0. The highest BCUT2D eigenvalue weighted by atomic mass is 19.1. The lowest BCUT2D eigenvalue weighted by Gasteiger charge is -2.21. The summed E-state index contributed by atoms with van der Waals surface area (Å²) < 4.78 is 24.6. The van der Waals surface area contributed by atoms with Gasteiger partial charge in [-0.15, -0.1) is 0 Å². The highest BCUT2D eigenvalue weighted by Crippen LogP contribution is 2.25. The van der Waals surface area contributed by atoms with E-state index in [1.54, 1.807) is 11.8 Å². The van der Waals surface area contributed by atoms with Crippen molar-refractivity contribution in [2.45, 2.75) is 32.0 Å². The number of benzene rings is 1. The van der Waals surface area contributed by atoms with Crippen LogP contribution in [0.5, 0.6) is 0 Å². The number of alkyl halides is 1. The van der Waals surface area contributed by atoms with Crippen LogP contribution in [-0.4, -0.2) is 54.5 Å². The molecular formula is C18H22FNO5. The zero-order chi connectivity index (χ0) is 18.3. The maximum absolute atomic E-state index is 14.7. The highest BCUT2D eigenvalue weighted by Gasteiger charge is 2.48. The number of carbonyl (C=O) groups is 3. The quantitative estimate of drug-likeness (QED) is 0.573. The van der Waals surface area contributed by atoms with E-state index >= 15 is 0 Å². The first-order chi connectivity index (χ1) is 12.0. The van der Waals surface area contributed by atoms with Gasteiger partial charge in [0.2, 0.25) is 0 Å². The molecule has 1 heterocycles. The summed E-state index contributed by atoms with van der Waals surface area (Å²) in [7, 11) is 0. The van der Waals surface area contributed by atoms with E-state index in [1.807, 2.05) is 30.3 Å². The summed E-state index contributed by atoms with van der Waals surface area (Å²) in [6.07, 6.45) is -0.474. The number of ether oxygens (including phenoxy) is 2. The molecular weight excluding hydrogens is 329 g/mol. The molecule has 1 aliphatic rings. The fraction of sp³-hybridized carbons (Fsp3) is 0.500. The fourth-order valence-corrected chi connectivity index (χ4v) is 2.61. The van der Waals surface area contributed by atoms with Crippen molar-refractivity contribution in [3.63, 3.8) is 0 Å². The van der Waals surface area contributed by atoms with Crippen LogP contribution < -0.4 is 0 Å². The number of halogens is 1. The van der Waals surface area contributed by atoms with Crippen LogP contribution in [0.3, 0.4) is 0 Å². The van der Waals surface area contributed by atoms with Gasteiger partial charge in [0.05, 0.1) is 13.2 Å². The van der Waals surface area contributed by atoms with Gasteiger partial charge in [-0.2, -0.15) is 0 Å². The average molecular weight is 351 g/mol. The largest absolute Gasteiger partial charge is 0.463 e. The predicted molar refractivity (Wildman–Crippen MR) is 87.4 cm³/mol. The summed E-state index contributed by atoms with van der Waals surface area (Å²) in [6.45, 7) is 1.96. The van der Waals surface area contributed by atoms with Crippen molar-refractivity contribution in [1.29, 1.82) is 0 Å². The normalized spacial score (nSPS) is 21.4. The minimum atomic E-state index is -2.63. The predicted octanol–water partition coefficient (Wildman–Crippen LogP) is 1.67. The van der Waals surface area contributed by atoms with Crippen molar-refractivity contribution in [1.82, 2.24) is 4.90 Å². The Hall–Kier alpha value is -2.28. The van der Waals surface area contributed by atoms with Gasteiger partial charge in [0.25, 0.3) is 5.67 Å². The molecule has 1 fully saturated rings. The Kier molecular flexibility index (Phi) is 6.64. The molecule has 2 rings (SSSR count). The molecule has 6 nitrogen and oxygen atoms in total. The third-order valence-electron chi connectivity index (χ3n) is 4.06. The zero-order valence-electron chi connectivity index (χ0n) is 14.2. The number of Topliss-reactive ketones (excluding diaryl/α,β-unsaturated/α-hetero) is 1. The van der Waals surface area contributed by atoms with Gasteiger partial charge >= 0.3 is 11.9 Å². The van der Waals surface area contributed by atoms with Gasteiger partial charge in [-0.25, -0.2) is 9.18 Å². The second-order valence-electron chi connectivity index (χ2n) is 5.87. The van der Waals surface area contributed by atoms with Crippen molar-refractivity contribution in [3.8, 4) is 0 Å². The first kappa shape index (κ1) is 19.1. The first-order valence-electron chi connectivity index (χ1n) is 8.27. The molecule has 0 aromatic heterocycles. The van der Waals surface area contributed by atoms with E-state index in [2.05, 4.69) is 4.74 Å². The highest BCUT2D eigenvalue weighted by molar-refractivity contribution is 6.07. The molecule has 136 valence electrons. The Morgan fingerprint density at radius 2 is 1.92 bits per heavy atom. The fourth-order valence-electron chi connectivity index (χ4n) is 2.61. The van der Waals surface area contributed by atoms with Crippen LogP contribution in [0.2, 0.25) is 0 Å². The van der Waals surface area contributed by atoms with Gasteiger partial charge in [-0.05, 0) is 12.5 Å². The maximum Gasteiger partial charge on any atom is 0.351 e. The van der Waals surface area contributed by atoms with Crippen molar-refractivity contribution in [2.75, 3.05) is 26.2 Å². The van der Waals surface area contributed by atoms with E-state index < -0.39 is 23.4 Å². The lowest BCUT2D eigenvalue weighted by Crippen LogP contribution is -2.43. The number of carbonyl (C=O) groups excluding carboxylic acids is 3. The van der Waals surface area contributed by atoms with Gasteiger partial charge in [0.1, 0.15) is 6.61 Å². The molecule has 1 aromatic carbocycles. The van der Waals surface area contributed by atoms with Crippen molar-refractivity contribution < 1.29 is 28.2 Å². The van der Waals surface area contributed by atoms with Gasteiger partial charge < -0.3 is 9.47 Å². The van der Waals surface area contributed by atoms with E-state index in [4.69, 9.17) is 4.74 Å². The summed E-state index contributed by atoms with van der Waals surface area (Å²) >= 11 is 0. The van der Waals surface area contributed by atoms with Crippen LogP contribution in [0.15, 0.2) is 30.3 Å². The summed E-state index contributed by atoms with van der Waals surface area (Å²) in [5.41, 5.74) is -1.76. The summed E-state index contributed by atoms with van der Waals surface area (Å²) in [5.74, 6) is -2.40. The van der Waals surface area contributed by atoms with Crippen LogP contribution in [0.25, 0.3) is 0 Å². The molecule has 7 heteroatoms. The Morgan fingerprint density at radius 3 is 2.60 bits per heavy atom. The molecule has 0 N–H and O–H groups in total. The van der Waals surface area contributed by atoms with E-state index in [-0.39, 0.29) is 45.7 Å². The Morgan fingerprint density at radius 1 is 1.20 bits per heavy atom. The Balaban J connectivity index is 1.86. The number of likely N-dealkylation sites (tertiary alicyclic amines) is 1. The number of hydrogen-bond donors (Lipinski definition) is 0. The third kappa shape index (κ3) is 5.09. The molecule has 0 amide bonds. The lowest BCUT2D eigenvalue weighted by molar-refractivity contribution is -0.162. The zero-order valence-corrected chi connectivity index (χ0v) is 14.2. The average Bonchev–Trinajstić information content (AvgIpc) is 2.75. The number of esters is 2. The van der Waals surface area contributed by atoms with Crippen LogP contribution >= 0.6 is 0 Å². The van der Waals surface area contributed by atoms with Crippen LogP contribution in [0.1, 0.15) is 25.3 Å². The van der Waals surface area contributed by atoms with E-state index in [0.717, 1.165) is 5.56 Å². The Labute approximate surface area is 145 Å². The topological polar surface area (TPSA) is 72.9 Å². The molecule has 0 saturated carbocycles. The Bertz CT molecular complexity index is 621. The number of nitrogens with zero attached hydrogens (tertiary/aromatic N) is 1. The smallest absolute Gasteiger partial charge is 0.351 e. The van der Waals surface area contributed by atoms with E-state index in [1.165, 1.54) is 0 Å². The molecule has 25 heavy (non-hydrogen) atoms. The molecule has 0 aliphatic carbocycles. The van der Waals surface area contributed by atoms with Crippen LogP contribution in [-0.2, 0) is 30.5 Å². The minimum absolute atomic E-state index is 0.00725. The maximum atomic E-state index is 14.7. The van der Waals surface area contributed by atoms with Gasteiger partial charge in [0, 0.05) is 25.9 Å². The van der Waals surface area contributed by atoms with E-state index in [0.29, 0.717) is 0 Å². The molecule has 0 radical (unpaired) electrons. The molecule has 0 spiro atoms. The standard InChI is InChI=1S/C18H22FNO5/c1-2-24-17(23)18(19)9-11-20(10-8-15(18)21)12-16(22)25-13-14-6-4-3-5-7-14/h3-7H,2,8-13H2,1H3. The first-order valence-corrected chi connectivity index (χ1v) is 8.27. The number of hydrogen-bond acceptors (Lipinski definition) is 6. The second kappa shape index (κ2) is 8.71. The molecule has 1 atom stereocenters. The van der Waals surface area contributed by atoms with Crippen molar-refractivity contribution in [2.24, 2.45) is 0 Å². The SMILES string of the molecule is CCOC(=O)C1(F)CCN(CC(=O)OCc2ccccc2)CCC1=O. The molecule has 1 aliphatic heterocycles. The lowest BCUT2D eigenvalue weighted by atomic mass is 9.96. The third-order valence-corrected chi connectivity index (χ3v) is 4.06. The number of ketones is 1. The van der Waals surface area contributed by atoms with Gasteiger partial charge in [-0.3, -0.25) is 14.5 Å². The van der Waals surface area contributed by atoms with Crippen molar-refractivity contribution in [3.05, 3.63) is 35.9 Å². The van der Waals surface area contributed by atoms with Gasteiger partial charge in [0.15, 0.2) is 5.78 Å². The van der Waals surface area contributed by atoms with Crippen LogP contribution in [0, 0.1) is 0 Å². The van der Waals surface area contributed by atoms with E-state index in [9.17, 15) is 18.8 Å². The second-order valence-corrected chi connectivity index (χ2v) is 5.87. The number of rotatable bonds is 6. The van der Waals surface area contributed by atoms with Crippen LogP contribution in [0.4, 0.5) is 4.39 Å². The van der Waals surface area contributed by atoms with Gasteiger partial charge in [-0.1, -0.05) is 30.3 Å². The minimum Gasteiger partial charge on any atom is -0.463 e. The summed E-state index contributed by atoms with van der Waals surface area (Å²) in [6, 6.07) is 9.25. The molecule has 1 unspecified atom stereocenters.